The van der Waals surface area contributed by atoms with Gasteiger partial charge in [-0.25, -0.2) is 9.18 Å². The zero-order valence-corrected chi connectivity index (χ0v) is 10.3. The number of hydrogen-bond acceptors (Lipinski definition) is 3. The molecule has 1 heterocycles. The molecule has 1 aromatic carbocycles. The predicted molar refractivity (Wildman–Crippen MR) is 68.9 cm³/mol. The molecule has 0 aliphatic carbocycles. The van der Waals surface area contributed by atoms with Gasteiger partial charge in [-0.3, -0.25) is 9.78 Å². The van der Waals surface area contributed by atoms with Gasteiger partial charge in [0.25, 0.3) is 0 Å². The Morgan fingerprint density at radius 1 is 1.20 bits per heavy atom. The van der Waals surface area contributed by atoms with Gasteiger partial charge in [-0.2, -0.15) is 0 Å². The molecule has 6 heteroatoms. The lowest BCUT2D eigenvalue weighted by Crippen LogP contribution is -2.32. The highest BCUT2D eigenvalue weighted by molar-refractivity contribution is 6.01. The topological polar surface area (TPSA) is 79.3 Å². The van der Waals surface area contributed by atoms with Crippen molar-refractivity contribution in [2.75, 3.05) is 0 Å². The van der Waals surface area contributed by atoms with E-state index in [2.05, 4.69) is 10.3 Å². The maximum atomic E-state index is 12.9. The van der Waals surface area contributed by atoms with E-state index in [9.17, 15) is 14.0 Å². The second kappa shape index (κ2) is 5.92. The summed E-state index contributed by atoms with van der Waals surface area (Å²) in [7, 11) is 0. The fourth-order valence-electron chi connectivity index (χ4n) is 1.75. The number of nitrogens with one attached hydrogen (secondary N) is 1. The number of carbonyl (C=O) groups excluding carboxylic acids is 1. The number of benzene rings is 1. The van der Waals surface area contributed by atoms with Crippen LogP contribution in [0.1, 0.15) is 22.0 Å². The molecular weight excluding hydrogens is 263 g/mol. The third-order valence-electron chi connectivity index (χ3n) is 2.68. The maximum Gasteiger partial charge on any atom is 0.405 e. The SMILES string of the molecule is O=C(O)NC(C(=O)c1ccc(F)cc1)c1cccnc1. The largest absolute Gasteiger partial charge is 0.465 e. The molecule has 0 bridgehead atoms. The number of hydrogen-bond donors (Lipinski definition) is 2. The van der Waals surface area contributed by atoms with Crippen LogP contribution in [-0.2, 0) is 0 Å². The van der Waals surface area contributed by atoms with E-state index in [1.165, 1.54) is 24.5 Å². The normalized spacial score (nSPS) is 11.7. The summed E-state index contributed by atoms with van der Waals surface area (Å²) in [6.07, 6.45) is 1.60. The molecule has 2 rings (SSSR count). The van der Waals surface area contributed by atoms with Gasteiger partial charge < -0.3 is 10.4 Å². The third kappa shape index (κ3) is 3.17. The van der Waals surface area contributed by atoms with Crippen molar-refractivity contribution in [1.82, 2.24) is 10.3 Å². The van der Waals surface area contributed by atoms with Gasteiger partial charge in [-0.15, -0.1) is 0 Å². The molecule has 1 amide bonds. The summed E-state index contributed by atoms with van der Waals surface area (Å²) < 4.78 is 12.9. The van der Waals surface area contributed by atoms with Crippen LogP contribution in [0.15, 0.2) is 48.8 Å². The van der Waals surface area contributed by atoms with Gasteiger partial charge in [-0.1, -0.05) is 6.07 Å². The number of ketones is 1. The number of halogens is 1. The molecule has 1 aromatic heterocycles. The first kappa shape index (κ1) is 13.7. The molecular formula is C14H11FN2O3. The summed E-state index contributed by atoms with van der Waals surface area (Å²) in [6, 6.07) is 7.03. The van der Waals surface area contributed by atoms with E-state index in [0.29, 0.717) is 5.56 Å². The van der Waals surface area contributed by atoms with Crippen molar-refractivity contribution in [2.24, 2.45) is 0 Å². The molecule has 2 aromatic rings. The Morgan fingerprint density at radius 3 is 2.45 bits per heavy atom. The first-order valence-corrected chi connectivity index (χ1v) is 5.77. The van der Waals surface area contributed by atoms with Crippen LogP contribution >= 0.6 is 0 Å². The summed E-state index contributed by atoms with van der Waals surface area (Å²) in [5, 5.41) is 11.0. The molecule has 0 saturated heterocycles. The van der Waals surface area contributed by atoms with Gasteiger partial charge in [0, 0.05) is 23.5 Å². The molecule has 0 aliphatic heterocycles. The van der Waals surface area contributed by atoms with Crippen LogP contribution in [0.2, 0.25) is 0 Å². The maximum absolute atomic E-state index is 12.9. The lowest BCUT2D eigenvalue weighted by Gasteiger charge is -2.15. The van der Waals surface area contributed by atoms with Gasteiger partial charge in [0.15, 0.2) is 5.78 Å². The van der Waals surface area contributed by atoms with Crippen molar-refractivity contribution >= 4 is 11.9 Å². The number of carbonyl (C=O) groups is 2. The van der Waals surface area contributed by atoms with Crippen LogP contribution in [0.25, 0.3) is 0 Å². The first-order chi connectivity index (χ1) is 9.58. The average Bonchev–Trinajstić information content (AvgIpc) is 2.45. The van der Waals surface area contributed by atoms with Gasteiger partial charge >= 0.3 is 6.09 Å². The van der Waals surface area contributed by atoms with E-state index in [1.54, 1.807) is 12.1 Å². The number of rotatable bonds is 4. The summed E-state index contributed by atoms with van der Waals surface area (Å²) >= 11 is 0. The number of nitrogens with zero attached hydrogens (tertiary/aromatic N) is 1. The second-order valence-electron chi connectivity index (χ2n) is 4.04. The predicted octanol–water partition coefficient (Wildman–Crippen LogP) is 2.41. The van der Waals surface area contributed by atoms with Crippen LogP contribution in [0.5, 0.6) is 0 Å². The molecule has 0 radical (unpaired) electrons. The van der Waals surface area contributed by atoms with Crippen molar-refractivity contribution in [3.8, 4) is 0 Å². The summed E-state index contributed by atoms with van der Waals surface area (Å²) in [5.74, 6) is -0.939. The van der Waals surface area contributed by atoms with E-state index >= 15 is 0 Å². The summed E-state index contributed by atoms with van der Waals surface area (Å²) in [5.41, 5.74) is 0.637. The highest BCUT2D eigenvalue weighted by Gasteiger charge is 2.24. The van der Waals surface area contributed by atoms with Crippen molar-refractivity contribution < 1.29 is 19.1 Å². The minimum absolute atomic E-state index is 0.217. The lowest BCUT2D eigenvalue weighted by atomic mass is 9.99. The van der Waals surface area contributed by atoms with Crippen LogP contribution in [0, 0.1) is 5.82 Å². The molecule has 0 fully saturated rings. The molecule has 20 heavy (non-hydrogen) atoms. The molecule has 0 saturated carbocycles. The molecule has 5 nitrogen and oxygen atoms in total. The molecule has 102 valence electrons. The monoisotopic (exact) mass is 274 g/mol. The Labute approximate surface area is 114 Å². The highest BCUT2D eigenvalue weighted by Crippen LogP contribution is 2.18. The van der Waals surface area contributed by atoms with Crippen molar-refractivity contribution in [3.63, 3.8) is 0 Å². The fourth-order valence-corrected chi connectivity index (χ4v) is 1.75. The number of amides is 1. The smallest absolute Gasteiger partial charge is 0.405 e. The van der Waals surface area contributed by atoms with Crippen LogP contribution < -0.4 is 5.32 Å². The fraction of sp³-hybridized carbons (Fsp3) is 0.0714. The van der Waals surface area contributed by atoms with Gasteiger partial charge in [0.05, 0.1) is 0 Å². The molecule has 1 unspecified atom stereocenters. The lowest BCUT2D eigenvalue weighted by molar-refractivity contribution is 0.0936. The standard InChI is InChI=1S/C14H11FN2O3/c15-11-5-3-9(4-6-11)13(18)12(17-14(19)20)10-2-1-7-16-8-10/h1-8,12,17H,(H,19,20). The van der Waals surface area contributed by atoms with Gasteiger partial charge in [0.2, 0.25) is 0 Å². The van der Waals surface area contributed by atoms with Crippen molar-refractivity contribution in [3.05, 3.63) is 65.7 Å². The zero-order chi connectivity index (χ0) is 14.5. The van der Waals surface area contributed by atoms with Crippen molar-refractivity contribution in [2.45, 2.75) is 6.04 Å². The minimum Gasteiger partial charge on any atom is -0.465 e. The quantitative estimate of drug-likeness (QED) is 0.839. The van der Waals surface area contributed by atoms with E-state index in [0.717, 1.165) is 12.1 Å². The third-order valence-corrected chi connectivity index (χ3v) is 2.68. The van der Waals surface area contributed by atoms with Crippen molar-refractivity contribution in [1.29, 1.82) is 0 Å². The number of aromatic nitrogens is 1. The second-order valence-corrected chi connectivity index (χ2v) is 4.04. The Bertz CT molecular complexity index is 614. The van der Waals surface area contributed by atoms with Crippen LogP contribution in [-0.4, -0.2) is 22.0 Å². The minimum atomic E-state index is -1.32. The van der Waals surface area contributed by atoms with E-state index < -0.39 is 23.7 Å². The van der Waals surface area contributed by atoms with Crippen LogP contribution in [0.4, 0.5) is 9.18 Å². The molecule has 0 spiro atoms. The Morgan fingerprint density at radius 2 is 1.90 bits per heavy atom. The van der Waals surface area contributed by atoms with Gasteiger partial charge in [-0.05, 0) is 30.3 Å². The van der Waals surface area contributed by atoms with E-state index in [4.69, 9.17) is 5.11 Å². The molecule has 2 N–H and O–H groups in total. The van der Waals surface area contributed by atoms with Crippen LogP contribution in [0.3, 0.4) is 0 Å². The highest BCUT2D eigenvalue weighted by atomic mass is 19.1. The number of carboxylic acid groups (broad SMARTS) is 1. The zero-order valence-electron chi connectivity index (χ0n) is 10.3. The Balaban J connectivity index is 2.34. The van der Waals surface area contributed by atoms with E-state index in [1.807, 2.05) is 0 Å². The number of pyridine rings is 1. The summed E-state index contributed by atoms with van der Waals surface area (Å²) in [4.78, 5) is 27.0. The molecule has 0 aliphatic rings. The number of Topliss-reactive ketones (excluding diaryl/α,β-unsaturated/α-hetero) is 1. The van der Waals surface area contributed by atoms with Gasteiger partial charge in [0.1, 0.15) is 11.9 Å². The average molecular weight is 274 g/mol. The Kier molecular flexibility index (Phi) is 4.05. The summed E-state index contributed by atoms with van der Waals surface area (Å²) in [6.45, 7) is 0. The molecule has 1 atom stereocenters. The van der Waals surface area contributed by atoms with E-state index in [-0.39, 0.29) is 5.56 Å². The first-order valence-electron chi connectivity index (χ1n) is 5.77. The Hall–Kier alpha value is -2.76.